The molecule has 0 N–H and O–H groups in total. The molecule has 1 atom stereocenters. The van der Waals surface area contributed by atoms with E-state index in [4.69, 9.17) is 5.26 Å². The van der Waals surface area contributed by atoms with Crippen molar-refractivity contribution in [3.05, 3.63) is 0 Å². The third-order valence-corrected chi connectivity index (χ3v) is 1.29. The highest BCUT2D eigenvalue weighted by atomic mass is 16.1. The Bertz CT molecular complexity index is 157. The van der Waals surface area contributed by atoms with E-state index < -0.39 is 6.04 Å². The quantitative estimate of drug-likeness (QED) is 0.570. The lowest BCUT2D eigenvalue weighted by Gasteiger charge is -2.13. The van der Waals surface area contributed by atoms with E-state index in [1.807, 2.05) is 6.07 Å². The molecule has 1 unspecified atom stereocenters. The van der Waals surface area contributed by atoms with Crippen molar-refractivity contribution in [3.8, 4) is 6.07 Å². The first kappa shape index (κ1) is 9.12. The van der Waals surface area contributed by atoms with E-state index in [0.29, 0.717) is 6.42 Å². The molecular weight excluding hydrogens is 128 g/mol. The third-order valence-electron chi connectivity index (χ3n) is 1.29. The standard InChI is InChI=1S/C7H12N2O/c1-4-7(10)6(5-8)9(2)3/h6H,4H2,1-3H3. The fourth-order valence-corrected chi connectivity index (χ4v) is 0.669. The van der Waals surface area contributed by atoms with Crippen molar-refractivity contribution in [1.29, 1.82) is 5.26 Å². The van der Waals surface area contributed by atoms with Crippen LogP contribution < -0.4 is 0 Å². The second-order valence-electron chi connectivity index (χ2n) is 2.32. The van der Waals surface area contributed by atoms with Gasteiger partial charge in [-0.3, -0.25) is 9.69 Å². The average molecular weight is 140 g/mol. The molecule has 0 fully saturated rings. The number of nitrogens with zero attached hydrogens (tertiary/aromatic N) is 2. The van der Waals surface area contributed by atoms with Gasteiger partial charge in [0.25, 0.3) is 0 Å². The summed E-state index contributed by atoms with van der Waals surface area (Å²) in [5, 5.41) is 8.49. The lowest BCUT2D eigenvalue weighted by Crippen LogP contribution is -2.33. The first-order chi connectivity index (χ1) is 4.63. The molecule has 0 aliphatic carbocycles. The number of Topliss-reactive ketones (excluding diaryl/α,β-unsaturated/α-hetero) is 1. The summed E-state index contributed by atoms with van der Waals surface area (Å²) in [7, 11) is 3.45. The number of nitriles is 1. The molecular formula is C7H12N2O. The van der Waals surface area contributed by atoms with Gasteiger partial charge in [-0.2, -0.15) is 5.26 Å². The molecule has 3 heteroatoms. The van der Waals surface area contributed by atoms with E-state index in [1.165, 1.54) is 0 Å². The molecule has 0 aliphatic heterocycles. The molecule has 0 spiro atoms. The van der Waals surface area contributed by atoms with Crippen molar-refractivity contribution < 1.29 is 4.79 Å². The Morgan fingerprint density at radius 2 is 2.20 bits per heavy atom. The zero-order valence-corrected chi connectivity index (χ0v) is 6.59. The van der Waals surface area contributed by atoms with Crippen LogP contribution in [0.4, 0.5) is 0 Å². The predicted molar refractivity (Wildman–Crippen MR) is 38.4 cm³/mol. The van der Waals surface area contributed by atoms with E-state index in [-0.39, 0.29) is 5.78 Å². The lowest BCUT2D eigenvalue weighted by atomic mass is 10.1. The topological polar surface area (TPSA) is 44.1 Å². The lowest BCUT2D eigenvalue weighted by molar-refractivity contribution is -0.121. The highest BCUT2D eigenvalue weighted by molar-refractivity contribution is 5.86. The van der Waals surface area contributed by atoms with Gasteiger partial charge in [-0.25, -0.2) is 0 Å². The van der Waals surface area contributed by atoms with Crippen molar-refractivity contribution in [1.82, 2.24) is 4.90 Å². The minimum atomic E-state index is -0.565. The van der Waals surface area contributed by atoms with Crippen LogP contribution in [0.15, 0.2) is 0 Å². The highest BCUT2D eigenvalue weighted by Gasteiger charge is 2.16. The Morgan fingerprint density at radius 3 is 2.30 bits per heavy atom. The van der Waals surface area contributed by atoms with Gasteiger partial charge < -0.3 is 0 Å². The third kappa shape index (κ3) is 2.16. The molecule has 0 bridgehead atoms. The Morgan fingerprint density at radius 1 is 1.70 bits per heavy atom. The highest BCUT2D eigenvalue weighted by Crippen LogP contribution is 1.95. The number of ketones is 1. The number of likely N-dealkylation sites (N-methyl/N-ethyl adjacent to an activating group) is 1. The molecule has 0 saturated heterocycles. The molecule has 10 heavy (non-hydrogen) atoms. The molecule has 0 rings (SSSR count). The maximum absolute atomic E-state index is 10.9. The summed E-state index contributed by atoms with van der Waals surface area (Å²) in [5.74, 6) is -0.0208. The smallest absolute Gasteiger partial charge is 0.164 e. The summed E-state index contributed by atoms with van der Waals surface area (Å²) in [6.45, 7) is 1.76. The molecule has 0 radical (unpaired) electrons. The summed E-state index contributed by atoms with van der Waals surface area (Å²) >= 11 is 0. The summed E-state index contributed by atoms with van der Waals surface area (Å²) < 4.78 is 0. The van der Waals surface area contributed by atoms with Crippen molar-refractivity contribution in [2.75, 3.05) is 14.1 Å². The van der Waals surface area contributed by atoms with Gasteiger partial charge in [-0.05, 0) is 14.1 Å². The van der Waals surface area contributed by atoms with Gasteiger partial charge in [0.2, 0.25) is 0 Å². The normalized spacial score (nSPS) is 12.7. The van der Waals surface area contributed by atoms with Crippen LogP contribution in [0.5, 0.6) is 0 Å². The predicted octanol–water partition coefficient (Wildman–Crippen LogP) is 0.419. The van der Waals surface area contributed by atoms with Gasteiger partial charge in [-0.15, -0.1) is 0 Å². The van der Waals surface area contributed by atoms with Gasteiger partial charge in [0.1, 0.15) is 0 Å². The average Bonchev–Trinajstić information content (AvgIpc) is 1.88. The molecule has 3 nitrogen and oxygen atoms in total. The van der Waals surface area contributed by atoms with E-state index in [2.05, 4.69) is 0 Å². The van der Waals surface area contributed by atoms with Gasteiger partial charge in [0, 0.05) is 6.42 Å². The summed E-state index contributed by atoms with van der Waals surface area (Å²) in [5.41, 5.74) is 0. The number of carbonyl (C=O) groups is 1. The minimum Gasteiger partial charge on any atom is -0.297 e. The van der Waals surface area contributed by atoms with Crippen LogP contribution in [-0.2, 0) is 4.79 Å². The monoisotopic (exact) mass is 140 g/mol. The zero-order chi connectivity index (χ0) is 8.15. The van der Waals surface area contributed by atoms with Crippen molar-refractivity contribution >= 4 is 5.78 Å². The van der Waals surface area contributed by atoms with Crippen LogP contribution >= 0.6 is 0 Å². The molecule has 0 amide bonds. The van der Waals surface area contributed by atoms with Crippen LogP contribution in [0, 0.1) is 11.3 Å². The van der Waals surface area contributed by atoms with E-state index in [0.717, 1.165) is 0 Å². The van der Waals surface area contributed by atoms with Gasteiger partial charge in [0.05, 0.1) is 6.07 Å². The van der Waals surface area contributed by atoms with Crippen LogP contribution in [0.2, 0.25) is 0 Å². The van der Waals surface area contributed by atoms with Gasteiger partial charge in [-0.1, -0.05) is 6.92 Å². The Labute approximate surface area is 61.2 Å². The second-order valence-corrected chi connectivity index (χ2v) is 2.32. The van der Waals surface area contributed by atoms with Crippen molar-refractivity contribution in [3.63, 3.8) is 0 Å². The van der Waals surface area contributed by atoms with Gasteiger partial charge >= 0.3 is 0 Å². The molecule has 0 aliphatic rings. The molecule has 0 aromatic rings. The summed E-state index contributed by atoms with van der Waals surface area (Å²) in [4.78, 5) is 12.5. The van der Waals surface area contributed by atoms with Gasteiger partial charge in [0.15, 0.2) is 11.8 Å². The number of hydrogen-bond acceptors (Lipinski definition) is 3. The second kappa shape index (κ2) is 4.02. The van der Waals surface area contributed by atoms with Crippen LogP contribution in [0.3, 0.4) is 0 Å². The van der Waals surface area contributed by atoms with Crippen LogP contribution in [0.25, 0.3) is 0 Å². The maximum Gasteiger partial charge on any atom is 0.164 e. The van der Waals surface area contributed by atoms with Crippen molar-refractivity contribution in [2.45, 2.75) is 19.4 Å². The van der Waals surface area contributed by atoms with E-state index >= 15 is 0 Å². The summed E-state index contributed by atoms with van der Waals surface area (Å²) in [6.07, 6.45) is 0.427. The molecule has 0 saturated carbocycles. The molecule has 0 aromatic heterocycles. The van der Waals surface area contributed by atoms with E-state index in [1.54, 1.807) is 25.9 Å². The zero-order valence-electron chi connectivity index (χ0n) is 6.59. The Kier molecular flexibility index (Phi) is 3.67. The molecule has 0 heterocycles. The summed E-state index contributed by atoms with van der Waals surface area (Å²) in [6, 6.07) is 1.36. The Hall–Kier alpha value is -0.880. The number of carbonyl (C=O) groups excluding carboxylic acids is 1. The van der Waals surface area contributed by atoms with Crippen molar-refractivity contribution in [2.24, 2.45) is 0 Å². The largest absolute Gasteiger partial charge is 0.297 e. The molecule has 0 aromatic carbocycles. The minimum absolute atomic E-state index is 0.0208. The molecule has 56 valence electrons. The Balaban J connectivity index is 4.11. The number of hydrogen-bond donors (Lipinski definition) is 0. The first-order valence-electron chi connectivity index (χ1n) is 3.22. The fourth-order valence-electron chi connectivity index (χ4n) is 0.669. The first-order valence-corrected chi connectivity index (χ1v) is 3.22. The fraction of sp³-hybridized carbons (Fsp3) is 0.714. The number of rotatable bonds is 3. The maximum atomic E-state index is 10.9. The SMILES string of the molecule is CCC(=O)C(C#N)N(C)C. The van der Waals surface area contributed by atoms with E-state index in [9.17, 15) is 4.79 Å². The van der Waals surface area contributed by atoms with Crippen LogP contribution in [0.1, 0.15) is 13.3 Å². The van der Waals surface area contributed by atoms with Crippen LogP contribution in [-0.4, -0.2) is 30.8 Å².